The van der Waals surface area contributed by atoms with Crippen LogP contribution in [0, 0.1) is 0 Å². The van der Waals surface area contributed by atoms with Gasteiger partial charge >= 0.3 is 0 Å². The second kappa shape index (κ2) is 7.22. The van der Waals surface area contributed by atoms with Crippen LogP contribution in [0.4, 0.5) is 0 Å². The fraction of sp³-hybridized carbons (Fsp3) is 0.333. The number of nitrogens with zero attached hydrogens (tertiary/aromatic N) is 1. The number of rotatable bonds is 6. The monoisotopic (exact) mass is 269 g/mol. The lowest BCUT2D eigenvalue weighted by atomic mass is 10.1. The Morgan fingerprint density at radius 2 is 1.20 bits per heavy atom. The van der Waals surface area contributed by atoms with E-state index < -0.39 is 0 Å². The minimum absolute atomic E-state index is 0.121. The largest absolute Gasteiger partial charge is 0.392 e. The lowest BCUT2D eigenvalue weighted by Gasteiger charge is -2.31. The minimum Gasteiger partial charge on any atom is -0.392 e. The van der Waals surface area contributed by atoms with Crippen molar-refractivity contribution in [1.29, 1.82) is 0 Å². The van der Waals surface area contributed by atoms with E-state index in [1.165, 1.54) is 11.1 Å². The molecule has 20 heavy (non-hydrogen) atoms. The summed E-state index contributed by atoms with van der Waals surface area (Å²) in [4.78, 5) is 2.31. The molecule has 106 valence electrons. The lowest BCUT2D eigenvalue weighted by Crippen LogP contribution is -2.39. The summed E-state index contributed by atoms with van der Waals surface area (Å²) in [5.41, 5.74) is 2.55. The molecular weight excluding hydrogens is 246 g/mol. The second-order valence-electron chi connectivity index (χ2n) is 5.36. The molecule has 1 N–H and O–H groups in total. The smallest absolute Gasteiger partial charge is 0.0664 e. The van der Waals surface area contributed by atoms with E-state index in [2.05, 4.69) is 60.4 Å². The highest BCUT2D eigenvalue weighted by Gasteiger charge is 2.18. The molecule has 0 bridgehead atoms. The van der Waals surface area contributed by atoms with Crippen molar-refractivity contribution < 1.29 is 5.11 Å². The van der Waals surface area contributed by atoms with Crippen molar-refractivity contribution >= 4 is 0 Å². The van der Waals surface area contributed by atoms with Gasteiger partial charge in [0.25, 0.3) is 0 Å². The van der Waals surface area contributed by atoms with E-state index in [0.29, 0.717) is 0 Å². The summed E-state index contributed by atoms with van der Waals surface area (Å²) in [5.74, 6) is 0. The van der Waals surface area contributed by atoms with Crippen LogP contribution in [0.2, 0.25) is 0 Å². The third-order valence-corrected chi connectivity index (χ3v) is 3.73. The van der Waals surface area contributed by atoms with Gasteiger partial charge in [-0.05, 0) is 25.0 Å². The van der Waals surface area contributed by atoms with Crippen molar-refractivity contribution in [3.63, 3.8) is 0 Å². The van der Waals surface area contributed by atoms with Gasteiger partial charge in [0.15, 0.2) is 0 Å². The van der Waals surface area contributed by atoms with Crippen LogP contribution in [0.25, 0.3) is 0 Å². The highest BCUT2D eigenvalue weighted by atomic mass is 16.3. The van der Waals surface area contributed by atoms with Gasteiger partial charge in [-0.15, -0.1) is 0 Å². The van der Waals surface area contributed by atoms with Crippen LogP contribution < -0.4 is 0 Å². The van der Waals surface area contributed by atoms with Gasteiger partial charge in [0, 0.05) is 19.1 Å². The molecule has 0 heterocycles. The van der Waals surface area contributed by atoms with E-state index in [4.69, 9.17) is 0 Å². The van der Waals surface area contributed by atoms with E-state index in [-0.39, 0.29) is 12.1 Å². The molecule has 2 nitrogen and oxygen atoms in total. The zero-order valence-corrected chi connectivity index (χ0v) is 12.2. The number of aliphatic hydroxyl groups excluding tert-OH is 1. The molecule has 0 amide bonds. The van der Waals surface area contributed by atoms with Crippen molar-refractivity contribution in [3.05, 3.63) is 71.8 Å². The van der Waals surface area contributed by atoms with Gasteiger partial charge in [0.1, 0.15) is 0 Å². The van der Waals surface area contributed by atoms with E-state index in [9.17, 15) is 5.11 Å². The van der Waals surface area contributed by atoms with E-state index in [0.717, 1.165) is 13.1 Å². The first kappa shape index (κ1) is 14.8. The Morgan fingerprint density at radius 3 is 1.55 bits per heavy atom. The molecule has 0 unspecified atom stereocenters. The molecule has 2 aromatic rings. The maximum absolute atomic E-state index is 9.91. The molecule has 0 radical (unpaired) electrons. The first-order valence-electron chi connectivity index (χ1n) is 7.17. The molecule has 2 atom stereocenters. The fourth-order valence-corrected chi connectivity index (χ4v) is 2.28. The predicted octanol–water partition coefficient (Wildman–Crippen LogP) is 3.46. The molecule has 2 aromatic carbocycles. The summed E-state index contributed by atoms with van der Waals surface area (Å²) in [6.07, 6.45) is -0.345. The summed E-state index contributed by atoms with van der Waals surface area (Å²) >= 11 is 0. The Morgan fingerprint density at radius 1 is 0.800 bits per heavy atom. The first-order valence-corrected chi connectivity index (χ1v) is 7.17. The van der Waals surface area contributed by atoms with Crippen molar-refractivity contribution in [2.24, 2.45) is 0 Å². The maximum atomic E-state index is 9.91. The molecule has 0 aliphatic carbocycles. The quantitative estimate of drug-likeness (QED) is 0.868. The van der Waals surface area contributed by atoms with Crippen molar-refractivity contribution in [3.8, 4) is 0 Å². The molecule has 0 fully saturated rings. The summed E-state index contributed by atoms with van der Waals surface area (Å²) in [6, 6.07) is 20.9. The van der Waals surface area contributed by atoms with Gasteiger partial charge in [0.2, 0.25) is 0 Å². The van der Waals surface area contributed by atoms with Gasteiger partial charge < -0.3 is 5.11 Å². The van der Waals surface area contributed by atoms with E-state index >= 15 is 0 Å². The highest BCUT2D eigenvalue weighted by Crippen LogP contribution is 2.15. The second-order valence-corrected chi connectivity index (χ2v) is 5.36. The molecule has 0 saturated heterocycles. The van der Waals surface area contributed by atoms with Crippen LogP contribution in [0.1, 0.15) is 25.0 Å². The van der Waals surface area contributed by atoms with Crippen LogP contribution in [0.5, 0.6) is 0 Å². The Hall–Kier alpha value is -1.64. The first-order chi connectivity index (χ1) is 9.66. The molecule has 0 aliphatic rings. The number of hydrogen-bond donors (Lipinski definition) is 1. The van der Waals surface area contributed by atoms with Gasteiger partial charge in [-0.1, -0.05) is 60.7 Å². The molecule has 0 aromatic heterocycles. The van der Waals surface area contributed by atoms with Crippen molar-refractivity contribution in [2.45, 2.75) is 39.1 Å². The number of aliphatic hydroxyl groups is 1. The molecule has 2 heteroatoms. The predicted molar refractivity (Wildman–Crippen MR) is 83.3 cm³/mol. The molecule has 0 saturated carbocycles. The molecule has 2 rings (SSSR count). The Kier molecular flexibility index (Phi) is 5.33. The third kappa shape index (κ3) is 4.19. The van der Waals surface area contributed by atoms with Crippen molar-refractivity contribution in [1.82, 2.24) is 4.90 Å². The van der Waals surface area contributed by atoms with Crippen LogP contribution in [-0.2, 0) is 13.1 Å². The zero-order chi connectivity index (χ0) is 14.4. The summed E-state index contributed by atoms with van der Waals surface area (Å²) < 4.78 is 0. The van der Waals surface area contributed by atoms with Gasteiger partial charge in [-0.25, -0.2) is 0 Å². The van der Waals surface area contributed by atoms with Gasteiger partial charge in [-0.3, -0.25) is 4.90 Å². The van der Waals surface area contributed by atoms with E-state index in [1.54, 1.807) is 0 Å². The molecule has 0 aliphatic heterocycles. The molecular formula is C18H23NO. The van der Waals surface area contributed by atoms with E-state index in [1.807, 2.05) is 19.1 Å². The van der Waals surface area contributed by atoms with Crippen LogP contribution >= 0.6 is 0 Å². The Labute approximate surface area is 121 Å². The number of hydrogen-bond acceptors (Lipinski definition) is 2. The Bertz CT molecular complexity index is 454. The zero-order valence-electron chi connectivity index (χ0n) is 12.2. The Balaban J connectivity index is 2.12. The van der Waals surface area contributed by atoms with Crippen molar-refractivity contribution in [2.75, 3.05) is 0 Å². The summed E-state index contributed by atoms with van der Waals surface area (Å²) in [7, 11) is 0. The fourth-order valence-electron chi connectivity index (χ4n) is 2.28. The normalized spacial score (nSPS) is 14.2. The average Bonchev–Trinajstić information content (AvgIpc) is 2.48. The third-order valence-electron chi connectivity index (χ3n) is 3.73. The van der Waals surface area contributed by atoms with Crippen LogP contribution in [0.3, 0.4) is 0 Å². The summed E-state index contributed by atoms with van der Waals surface area (Å²) in [5, 5.41) is 9.91. The highest BCUT2D eigenvalue weighted by molar-refractivity contribution is 5.17. The molecule has 0 spiro atoms. The standard InChI is InChI=1S/C18H23NO/c1-15(16(2)20)19(13-17-9-5-3-6-10-17)14-18-11-7-4-8-12-18/h3-12,15-16,20H,13-14H2,1-2H3/t15-,16+/m0/s1. The van der Waals surface area contributed by atoms with Gasteiger partial charge in [-0.2, -0.15) is 0 Å². The topological polar surface area (TPSA) is 23.5 Å². The SMILES string of the molecule is C[C@@H](O)[C@H](C)N(Cc1ccccc1)Cc1ccccc1. The maximum Gasteiger partial charge on any atom is 0.0664 e. The van der Waals surface area contributed by atoms with Gasteiger partial charge in [0.05, 0.1) is 6.10 Å². The summed E-state index contributed by atoms with van der Waals surface area (Å²) in [6.45, 7) is 5.63. The van der Waals surface area contributed by atoms with Crippen LogP contribution in [0.15, 0.2) is 60.7 Å². The minimum atomic E-state index is -0.345. The number of benzene rings is 2. The average molecular weight is 269 g/mol. The lowest BCUT2D eigenvalue weighted by molar-refractivity contribution is 0.0610. The van der Waals surface area contributed by atoms with Crippen LogP contribution in [-0.4, -0.2) is 22.2 Å².